The number of nitrogens with two attached hydrogens (primary N) is 1. The number of nitriles is 1. The van der Waals surface area contributed by atoms with Crippen LogP contribution in [0, 0.1) is 17.1 Å². The monoisotopic (exact) mass is 517 g/mol. The molecule has 2 N–H and O–H groups in total. The summed E-state index contributed by atoms with van der Waals surface area (Å²) in [4.78, 5) is 27.6. The first kappa shape index (κ1) is 25.4. The number of primary amides is 1. The molecule has 1 atom stereocenters. The molecule has 2 saturated heterocycles. The summed E-state index contributed by atoms with van der Waals surface area (Å²) < 4.78 is 53.0. The van der Waals surface area contributed by atoms with Crippen molar-refractivity contribution in [1.82, 2.24) is 14.1 Å². The van der Waals surface area contributed by atoms with Gasteiger partial charge in [-0.15, -0.1) is 0 Å². The normalized spacial score (nSPS) is 18.9. The summed E-state index contributed by atoms with van der Waals surface area (Å²) in [6.45, 7) is 1.24. The van der Waals surface area contributed by atoms with Crippen molar-refractivity contribution in [2.24, 2.45) is 5.73 Å². The van der Waals surface area contributed by atoms with Crippen LogP contribution in [0.25, 0.3) is 0 Å². The fraction of sp³-hybridized carbons (Fsp3) is 0.348. The van der Waals surface area contributed by atoms with Gasteiger partial charge in [-0.25, -0.2) is 17.6 Å². The lowest BCUT2D eigenvalue weighted by molar-refractivity contribution is -0.123. The van der Waals surface area contributed by atoms with Crippen LogP contribution in [0.4, 0.5) is 9.18 Å². The molecule has 4 rings (SSSR count). The molecule has 0 spiro atoms. The van der Waals surface area contributed by atoms with E-state index in [4.69, 9.17) is 20.5 Å². The first-order valence-electron chi connectivity index (χ1n) is 11.1. The highest BCUT2D eigenvalue weighted by Crippen LogP contribution is 2.29. The summed E-state index contributed by atoms with van der Waals surface area (Å²) in [7, 11) is -4.32. The predicted molar refractivity (Wildman–Crippen MR) is 124 cm³/mol. The number of nitrogens with zero attached hydrogens (tertiary/aromatic N) is 4. The standard InChI is InChI=1S/C23H24FN5O6S/c24-19-13-18(5-6-21(19)35-17-3-1-16(14-25)2-4-17)36(32,33)29-8-7-28(15-20(29)22(26)30)23(31)27-9-11-34-12-10-27/h1-6,13,20H,7-12,15H2,(H2,26,30)/t20-/m1/s1. The van der Waals surface area contributed by atoms with Crippen LogP contribution in [0.3, 0.4) is 0 Å². The first-order chi connectivity index (χ1) is 17.2. The lowest BCUT2D eigenvalue weighted by Crippen LogP contribution is -2.62. The van der Waals surface area contributed by atoms with Gasteiger partial charge in [0.05, 0.1) is 29.7 Å². The molecule has 36 heavy (non-hydrogen) atoms. The molecule has 0 saturated carbocycles. The van der Waals surface area contributed by atoms with Gasteiger partial charge in [0.2, 0.25) is 15.9 Å². The smallest absolute Gasteiger partial charge is 0.320 e. The Morgan fingerprint density at radius 1 is 1.06 bits per heavy atom. The fourth-order valence-corrected chi connectivity index (χ4v) is 5.59. The second kappa shape index (κ2) is 10.5. The molecule has 190 valence electrons. The van der Waals surface area contributed by atoms with Gasteiger partial charge in [0, 0.05) is 32.7 Å². The molecule has 11 nitrogen and oxygen atoms in total. The molecular formula is C23H24FN5O6S. The third-order valence-electron chi connectivity index (χ3n) is 5.93. The molecule has 3 amide bonds. The highest BCUT2D eigenvalue weighted by Gasteiger charge is 2.41. The van der Waals surface area contributed by atoms with Crippen molar-refractivity contribution in [3.8, 4) is 17.6 Å². The summed E-state index contributed by atoms with van der Waals surface area (Å²) in [6.07, 6.45) is 0. The number of sulfonamides is 1. The summed E-state index contributed by atoms with van der Waals surface area (Å²) in [5, 5.41) is 8.86. The average molecular weight is 518 g/mol. The molecule has 0 aromatic heterocycles. The van der Waals surface area contributed by atoms with Gasteiger partial charge in [-0.05, 0) is 42.5 Å². The van der Waals surface area contributed by atoms with Gasteiger partial charge in [-0.3, -0.25) is 4.79 Å². The number of benzene rings is 2. The van der Waals surface area contributed by atoms with E-state index >= 15 is 0 Å². The van der Waals surface area contributed by atoms with Crippen LogP contribution in [-0.2, 0) is 19.6 Å². The van der Waals surface area contributed by atoms with E-state index in [1.165, 1.54) is 35.2 Å². The van der Waals surface area contributed by atoms with E-state index in [-0.39, 0.29) is 42.1 Å². The van der Waals surface area contributed by atoms with Gasteiger partial charge in [0.1, 0.15) is 11.8 Å². The molecule has 2 heterocycles. The van der Waals surface area contributed by atoms with Crippen molar-refractivity contribution in [2.45, 2.75) is 10.9 Å². The van der Waals surface area contributed by atoms with E-state index in [1.807, 2.05) is 6.07 Å². The minimum Gasteiger partial charge on any atom is -0.454 e. The zero-order valence-electron chi connectivity index (χ0n) is 19.2. The highest BCUT2D eigenvalue weighted by atomic mass is 32.2. The third-order valence-corrected chi connectivity index (χ3v) is 7.84. The molecule has 2 fully saturated rings. The second-order valence-corrected chi connectivity index (χ2v) is 10.1. The summed E-state index contributed by atoms with van der Waals surface area (Å²) in [5.74, 6) is -1.80. The molecular weight excluding hydrogens is 493 g/mol. The van der Waals surface area contributed by atoms with E-state index in [2.05, 4.69) is 0 Å². The van der Waals surface area contributed by atoms with E-state index in [0.717, 1.165) is 16.4 Å². The zero-order valence-corrected chi connectivity index (χ0v) is 20.0. The highest BCUT2D eigenvalue weighted by molar-refractivity contribution is 7.89. The topological polar surface area (TPSA) is 146 Å². The molecule has 2 aliphatic rings. The van der Waals surface area contributed by atoms with Gasteiger partial charge >= 0.3 is 6.03 Å². The Balaban J connectivity index is 1.51. The number of morpholine rings is 1. The molecule has 0 bridgehead atoms. The quantitative estimate of drug-likeness (QED) is 0.625. The number of urea groups is 1. The van der Waals surface area contributed by atoms with Crippen LogP contribution in [0.2, 0.25) is 0 Å². The van der Waals surface area contributed by atoms with Crippen molar-refractivity contribution in [1.29, 1.82) is 5.26 Å². The van der Waals surface area contributed by atoms with Crippen molar-refractivity contribution in [3.05, 3.63) is 53.8 Å². The van der Waals surface area contributed by atoms with Crippen LogP contribution in [-0.4, -0.2) is 86.4 Å². The van der Waals surface area contributed by atoms with Gasteiger partial charge in [-0.2, -0.15) is 9.57 Å². The largest absolute Gasteiger partial charge is 0.454 e. The summed E-state index contributed by atoms with van der Waals surface area (Å²) in [5.41, 5.74) is 5.91. The number of ether oxygens (including phenoxy) is 2. The minimum absolute atomic E-state index is 0.0432. The zero-order chi connectivity index (χ0) is 25.9. The molecule has 2 aromatic rings. The Hall–Kier alpha value is -3.73. The average Bonchev–Trinajstić information content (AvgIpc) is 2.89. The Kier molecular flexibility index (Phi) is 7.39. The van der Waals surface area contributed by atoms with Crippen molar-refractivity contribution < 1.29 is 31.9 Å². The number of piperazine rings is 1. The second-order valence-electron chi connectivity index (χ2n) is 8.19. The van der Waals surface area contributed by atoms with E-state index in [0.29, 0.717) is 31.9 Å². The first-order valence-corrected chi connectivity index (χ1v) is 12.5. The van der Waals surface area contributed by atoms with Crippen molar-refractivity contribution in [2.75, 3.05) is 45.9 Å². The number of hydrogen-bond acceptors (Lipinski definition) is 7. The number of hydrogen-bond donors (Lipinski definition) is 1. The summed E-state index contributed by atoms with van der Waals surface area (Å²) in [6, 6.07) is 9.42. The van der Waals surface area contributed by atoms with Crippen LogP contribution in [0.1, 0.15) is 5.56 Å². The lowest BCUT2D eigenvalue weighted by atomic mass is 10.2. The van der Waals surface area contributed by atoms with Crippen molar-refractivity contribution in [3.63, 3.8) is 0 Å². The summed E-state index contributed by atoms with van der Waals surface area (Å²) >= 11 is 0. The van der Waals surface area contributed by atoms with Crippen LogP contribution < -0.4 is 10.5 Å². The van der Waals surface area contributed by atoms with E-state index in [1.54, 1.807) is 4.90 Å². The predicted octanol–water partition coefficient (Wildman–Crippen LogP) is 1.10. The Labute approximate surface area is 207 Å². The maximum absolute atomic E-state index is 14.8. The van der Waals surface area contributed by atoms with E-state index in [9.17, 15) is 22.4 Å². The van der Waals surface area contributed by atoms with Crippen LogP contribution >= 0.6 is 0 Å². The Bertz CT molecular complexity index is 1290. The number of rotatable bonds is 5. The number of amides is 3. The molecule has 13 heteroatoms. The maximum atomic E-state index is 14.8. The Morgan fingerprint density at radius 2 is 1.75 bits per heavy atom. The van der Waals surface area contributed by atoms with Crippen LogP contribution in [0.5, 0.6) is 11.5 Å². The molecule has 2 aromatic carbocycles. The Morgan fingerprint density at radius 3 is 2.36 bits per heavy atom. The molecule has 0 aliphatic carbocycles. The fourth-order valence-electron chi connectivity index (χ4n) is 4.00. The lowest BCUT2D eigenvalue weighted by Gasteiger charge is -2.41. The van der Waals surface area contributed by atoms with Gasteiger partial charge < -0.3 is 25.0 Å². The van der Waals surface area contributed by atoms with Crippen molar-refractivity contribution >= 4 is 22.0 Å². The third kappa shape index (κ3) is 5.25. The van der Waals surface area contributed by atoms with Gasteiger partial charge in [-0.1, -0.05) is 0 Å². The van der Waals surface area contributed by atoms with Gasteiger partial charge in [0.15, 0.2) is 11.6 Å². The minimum atomic E-state index is -4.32. The SMILES string of the molecule is N#Cc1ccc(Oc2ccc(S(=O)(=O)N3CCN(C(=O)N4CCOCC4)C[C@@H]3C(N)=O)cc2F)cc1. The molecule has 0 radical (unpaired) electrons. The molecule has 0 unspecified atom stereocenters. The number of carbonyl (C=O) groups excluding carboxylic acids is 2. The van der Waals surface area contributed by atoms with E-state index < -0.39 is 27.8 Å². The van der Waals surface area contributed by atoms with Gasteiger partial charge in [0.25, 0.3) is 0 Å². The molecule has 2 aliphatic heterocycles. The number of halogens is 1. The number of carbonyl (C=O) groups is 2. The maximum Gasteiger partial charge on any atom is 0.320 e. The van der Waals surface area contributed by atoms with Crippen LogP contribution in [0.15, 0.2) is 47.4 Å².